The molecule has 0 aromatic carbocycles. The quantitative estimate of drug-likeness (QED) is 0.590. The van der Waals surface area contributed by atoms with Crippen molar-refractivity contribution in [2.75, 3.05) is 0 Å². The van der Waals surface area contributed by atoms with E-state index in [1.54, 1.807) is 6.08 Å². The Bertz CT molecular complexity index is 314. The van der Waals surface area contributed by atoms with Gasteiger partial charge in [-0.25, -0.2) is 0 Å². The summed E-state index contributed by atoms with van der Waals surface area (Å²) in [5.41, 5.74) is 0.793. The summed E-state index contributed by atoms with van der Waals surface area (Å²) in [6.45, 7) is 2.01. The molecule has 76 valence electrons. The Morgan fingerprint density at radius 3 is 2.64 bits per heavy atom. The molecule has 1 fully saturated rings. The molecule has 2 rings (SSSR count). The van der Waals surface area contributed by atoms with E-state index in [0.29, 0.717) is 18.6 Å². The van der Waals surface area contributed by atoms with E-state index in [4.69, 9.17) is 0 Å². The lowest BCUT2D eigenvalue weighted by molar-refractivity contribution is -0.127. The second-order valence-electron chi connectivity index (χ2n) is 4.60. The topological polar surface area (TPSA) is 34.1 Å². The fourth-order valence-corrected chi connectivity index (χ4v) is 2.50. The van der Waals surface area contributed by atoms with Gasteiger partial charge in [0.1, 0.15) is 5.78 Å². The third-order valence-electron chi connectivity index (χ3n) is 3.63. The van der Waals surface area contributed by atoms with E-state index < -0.39 is 0 Å². The number of hydrogen-bond acceptors (Lipinski definition) is 2. The molecule has 0 aliphatic heterocycles. The molecule has 0 unspecified atom stereocenters. The zero-order chi connectivity index (χ0) is 10.2. The van der Waals surface area contributed by atoms with Crippen LogP contribution in [0.2, 0.25) is 0 Å². The van der Waals surface area contributed by atoms with Crippen molar-refractivity contribution in [1.82, 2.24) is 0 Å². The standard InChI is InChI=1S/C12H16O2/c1-12-7-6-10(13)8-9(12)4-2-3-5-11(12)14/h8H,2-7H2,1H3/t12-/m1/s1. The van der Waals surface area contributed by atoms with Crippen molar-refractivity contribution in [3.63, 3.8) is 0 Å². The molecule has 1 atom stereocenters. The van der Waals surface area contributed by atoms with Gasteiger partial charge in [-0.05, 0) is 38.7 Å². The van der Waals surface area contributed by atoms with Gasteiger partial charge in [0.25, 0.3) is 0 Å². The van der Waals surface area contributed by atoms with E-state index in [1.807, 2.05) is 6.92 Å². The second kappa shape index (κ2) is 3.34. The minimum Gasteiger partial charge on any atom is -0.299 e. The monoisotopic (exact) mass is 192 g/mol. The van der Waals surface area contributed by atoms with Crippen LogP contribution in [0.3, 0.4) is 0 Å². The van der Waals surface area contributed by atoms with Crippen LogP contribution in [0, 0.1) is 5.41 Å². The number of hydrogen-bond donors (Lipinski definition) is 0. The first-order valence-corrected chi connectivity index (χ1v) is 5.40. The number of carbonyl (C=O) groups is 2. The lowest BCUT2D eigenvalue weighted by atomic mass is 9.70. The highest BCUT2D eigenvalue weighted by Gasteiger charge is 2.40. The van der Waals surface area contributed by atoms with Gasteiger partial charge in [-0.2, -0.15) is 0 Å². The minimum atomic E-state index is -0.301. The molecule has 2 aliphatic rings. The summed E-state index contributed by atoms with van der Waals surface area (Å²) >= 11 is 0. The van der Waals surface area contributed by atoms with Crippen molar-refractivity contribution in [2.45, 2.75) is 45.4 Å². The van der Waals surface area contributed by atoms with Crippen molar-refractivity contribution < 1.29 is 9.59 Å². The predicted octanol–water partition coefficient (Wildman–Crippen LogP) is 2.43. The van der Waals surface area contributed by atoms with Crippen LogP contribution < -0.4 is 0 Å². The molecule has 0 spiro atoms. The third-order valence-corrected chi connectivity index (χ3v) is 3.63. The number of allylic oxidation sites excluding steroid dienone is 2. The summed E-state index contributed by atoms with van der Waals surface area (Å²) in [6, 6.07) is 0. The zero-order valence-electron chi connectivity index (χ0n) is 8.64. The number of rotatable bonds is 0. The fraction of sp³-hybridized carbons (Fsp3) is 0.667. The molecule has 2 heteroatoms. The molecule has 0 heterocycles. The van der Waals surface area contributed by atoms with E-state index >= 15 is 0 Å². The van der Waals surface area contributed by atoms with Crippen LogP contribution in [-0.2, 0) is 9.59 Å². The molecule has 0 amide bonds. The van der Waals surface area contributed by atoms with Crippen LogP contribution in [0.1, 0.15) is 45.4 Å². The smallest absolute Gasteiger partial charge is 0.155 e. The van der Waals surface area contributed by atoms with Gasteiger partial charge >= 0.3 is 0 Å². The average Bonchev–Trinajstić information content (AvgIpc) is 2.29. The zero-order valence-corrected chi connectivity index (χ0v) is 8.64. The maximum Gasteiger partial charge on any atom is 0.155 e. The van der Waals surface area contributed by atoms with Crippen LogP contribution in [-0.4, -0.2) is 11.6 Å². The van der Waals surface area contributed by atoms with E-state index in [2.05, 4.69) is 0 Å². The molecule has 0 aromatic heterocycles. The molecule has 0 saturated heterocycles. The first-order valence-electron chi connectivity index (χ1n) is 5.40. The van der Waals surface area contributed by atoms with Gasteiger partial charge in [0, 0.05) is 18.3 Å². The highest BCUT2D eigenvalue weighted by Crippen LogP contribution is 2.42. The molecular formula is C12H16O2. The molecular weight excluding hydrogens is 176 g/mol. The molecule has 1 saturated carbocycles. The van der Waals surface area contributed by atoms with E-state index in [9.17, 15) is 9.59 Å². The average molecular weight is 192 g/mol. The number of carbonyl (C=O) groups excluding carboxylic acids is 2. The second-order valence-corrected chi connectivity index (χ2v) is 4.60. The minimum absolute atomic E-state index is 0.201. The van der Waals surface area contributed by atoms with Crippen molar-refractivity contribution in [3.05, 3.63) is 11.6 Å². The van der Waals surface area contributed by atoms with Gasteiger partial charge in [-0.1, -0.05) is 5.57 Å². The van der Waals surface area contributed by atoms with E-state index in [0.717, 1.165) is 31.3 Å². The van der Waals surface area contributed by atoms with Crippen LogP contribution in [0.5, 0.6) is 0 Å². The van der Waals surface area contributed by atoms with Crippen molar-refractivity contribution in [2.24, 2.45) is 5.41 Å². The third kappa shape index (κ3) is 1.43. The summed E-state index contributed by atoms with van der Waals surface area (Å²) in [7, 11) is 0. The van der Waals surface area contributed by atoms with E-state index in [1.165, 1.54) is 0 Å². The highest BCUT2D eigenvalue weighted by atomic mass is 16.1. The summed E-state index contributed by atoms with van der Waals surface area (Å²) in [5, 5.41) is 0. The Hall–Kier alpha value is -0.920. The first kappa shape index (κ1) is 9.63. The molecule has 0 aromatic rings. The maximum absolute atomic E-state index is 11.9. The normalized spacial score (nSPS) is 33.4. The Morgan fingerprint density at radius 2 is 1.86 bits per heavy atom. The van der Waals surface area contributed by atoms with Crippen molar-refractivity contribution >= 4 is 11.6 Å². The Labute approximate surface area is 84.4 Å². The SMILES string of the molecule is C[C@@]12CCC(=O)C=C1CCCCC2=O. The number of fused-ring (bicyclic) bond motifs is 1. The largest absolute Gasteiger partial charge is 0.299 e. The summed E-state index contributed by atoms with van der Waals surface area (Å²) < 4.78 is 0. The van der Waals surface area contributed by atoms with Gasteiger partial charge in [0.2, 0.25) is 0 Å². The lowest BCUT2D eigenvalue weighted by Gasteiger charge is -2.32. The van der Waals surface area contributed by atoms with Crippen LogP contribution in [0.15, 0.2) is 11.6 Å². The van der Waals surface area contributed by atoms with Gasteiger partial charge in [-0.15, -0.1) is 0 Å². The van der Waals surface area contributed by atoms with Gasteiger partial charge < -0.3 is 0 Å². The Morgan fingerprint density at radius 1 is 1.14 bits per heavy atom. The van der Waals surface area contributed by atoms with Crippen LogP contribution >= 0.6 is 0 Å². The van der Waals surface area contributed by atoms with Crippen LogP contribution in [0.4, 0.5) is 0 Å². The summed E-state index contributed by atoms with van der Waals surface area (Å²) in [4.78, 5) is 23.2. The van der Waals surface area contributed by atoms with Crippen molar-refractivity contribution in [3.8, 4) is 0 Å². The number of ketones is 2. The lowest BCUT2D eigenvalue weighted by Crippen LogP contribution is -2.32. The molecule has 2 nitrogen and oxygen atoms in total. The first-order chi connectivity index (χ1) is 6.63. The molecule has 14 heavy (non-hydrogen) atoms. The molecule has 0 bridgehead atoms. The molecule has 0 radical (unpaired) electrons. The Balaban J connectivity index is 2.39. The maximum atomic E-state index is 11.9. The van der Waals surface area contributed by atoms with Gasteiger partial charge in [0.05, 0.1) is 0 Å². The van der Waals surface area contributed by atoms with Crippen molar-refractivity contribution in [1.29, 1.82) is 0 Å². The van der Waals surface area contributed by atoms with Crippen LogP contribution in [0.25, 0.3) is 0 Å². The summed E-state index contributed by atoms with van der Waals surface area (Å²) in [6.07, 6.45) is 6.69. The highest BCUT2D eigenvalue weighted by molar-refractivity contribution is 5.97. The van der Waals surface area contributed by atoms with E-state index in [-0.39, 0.29) is 11.2 Å². The molecule has 0 N–H and O–H groups in total. The van der Waals surface area contributed by atoms with Gasteiger partial charge in [-0.3, -0.25) is 9.59 Å². The Kier molecular flexibility index (Phi) is 2.30. The predicted molar refractivity (Wildman–Crippen MR) is 53.9 cm³/mol. The van der Waals surface area contributed by atoms with Gasteiger partial charge in [0.15, 0.2) is 5.78 Å². The molecule has 2 aliphatic carbocycles. The fourth-order valence-electron chi connectivity index (χ4n) is 2.50. The summed E-state index contributed by atoms with van der Waals surface area (Å²) in [5.74, 6) is 0.543. The number of Topliss-reactive ketones (excluding diaryl/α,β-unsaturated/α-hetero) is 1.